The second kappa shape index (κ2) is 5.18. The minimum absolute atomic E-state index is 0.00301. The summed E-state index contributed by atoms with van der Waals surface area (Å²) in [5.74, 6) is 0. The summed E-state index contributed by atoms with van der Waals surface area (Å²) in [6, 6.07) is 2.25. The highest BCUT2D eigenvalue weighted by Crippen LogP contribution is 2.07. The summed E-state index contributed by atoms with van der Waals surface area (Å²) in [5, 5.41) is 11.8. The Balaban J connectivity index is 2.38. The van der Waals surface area contributed by atoms with E-state index in [1.165, 1.54) is 0 Å². The Morgan fingerprint density at radius 1 is 1.77 bits per heavy atom. The van der Waals surface area contributed by atoms with E-state index < -0.39 is 0 Å². The SMILES string of the molecule is CNCC1CN(C(C)C#N)CCO1. The molecule has 0 aromatic carbocycles. The van der Waals surface area contributed by atoms with E-state index in [0.29, 0.717) is 0 Å². The highest BCUT2D eigenvalue weighted by molar-refractivity contribution is 4.90. The van der Waals surface area contributed by atoms with Crippen LogP contribution in [0, 0.1) is 11.3 Å². The molecule has 0 aliphatic carbocycles. The van der Waals surface area contributed by atoms with Crippen LogP contribution in [-0.2, 0) is 4.74 Å². The quantitative estimate of drug-likeness (QED) is 0.659. The van der Waals surface area contributed by atoms with E-state index in [-0.39, 0.29) is 12.1 Å². The van der Waals surface area contributed by atoms with Crippen LogP contribution in [0.5, 0.6) is 0 Å². The molecule has 2 atom stereocenters. The van der Waals surface area contributed by atoms with Crippen molar-refractivity contribution in [3.63, 3.8) is 0 Å². The molecule has 1 saturated heterocycles. The van der Waals surface area contributed by atoms with Gasteiger partial charge in [-0.1, -0.05) is 0 Å². The summed E-state index contributed by atoms with van der Waals surface area (Å²) in [7, 11) is 1.91. The van der Waals surface area contributed by atoms with Crippen molar-refractivity contribution < 1.29 is 4.74 Å². The summed E-state index contributed by atoms with van der Waals surface area (Å²) in [6.07, 6.45) is 0.231. The van der Waals surface area contributed by atoms with Crippen molar-refractivity contribution in [2.75, 3.05) is 33.3 Å². The molecule has 13 heavy (non-hydrogen) atoms. The fraction of sp³-hybridized carbons (Fsp3) is 0.889. The predicted molar refractivity (Wildman–Crippen MR) is 50.3 cm³/mol. The number of nitrogens with zero attached hydrogens (tertiary/aromatic N) is 2. The van der Waals surface area contributed by atoms with Gasteiger partial charge in [-0.3, -0.25) is 4.90 Å². The Hall–Kier alpha value is -0.630. The molecule has 0 amide bonds. The van der Waals surface area contributed by atoms with Gasteiger partial charge < -0.3 is 10.1 Å². The minimum Gasteiger partial charge on any atom is -0.374 e. The first kappa shape index (κ1) is 10.5. The van der Waals surface area contributed by atoms with Crippen molar-refractivity contribution >= 4 is 0 Å². The lowest BCUT2D eigenvalue weighted by molar-refractivity contribution is -0.0320. The fourth-order valence-electron chi connectivity index (χ4n) is 1.53. The van der Waals surface area contributed by atoms with E-state index in [2.05, 4.69) is 16.3 Å². The molecular formula is C9H17N3O. The average molecular weight is 183 g/mol. The van der Waals surface area contributed by atoms with Gasteiger partial charge in [0.15, 0.2) is 0 Å². The Bertz CT molecular complexity index is 188. The van der Waals surface area contributed by atoms with Gasteiger partial charge >= 0.3 is 0 Å². The van der Waals surface area contributed by atoms with E-state index in [4.69, 9.17) is 10.00 Å². The summed E-state index contributed by atoms with van der Waals surface area (Å²) < 4.78 is 5.53. The summed E-state index contributed by atoms with van der Waals surface area (Å²) in [5.41, 5.74) is 0. The smallest absolute Gasteiger partial charge is 0.0951 e. The summed E-state index contributed by atoms with van der Waals surface area (Å²) >= 11 is 0. The Kier molecular flexibility index (Phi) is 4.16. The number of nitrogens with one attached hydrogen (secondary N) is 1. The van der Waals surface area contributed by atoms with Crippen molar-refractivity contribution in [2.24, 2.45) is 0 Å². The van der Waals surface area contributed by atoms with Crippen molar-refractivity contribution in [1.29, 1.82) is 5.26 Å². The number of nitriles is 1. The second-order valence-corrected chi connectivity index (χ2v) is 3.35. The fourth-order valence-corrected chi connectivity index (χ4v) is 1.53. The first-order valence-corrected chi connectivity index (χ1v) is 4.67. The lowest BCUT2D eigenvalue weighted by Gasteiger charge is -2.34. The molecule has 0 aromatic heterocycles. The normalized spacial score (nSPS) is 26.7. The van der Waals surface area contributed by atoms with Gasteiger partial charge in [-0.05, 0) is 14.0 Å². The Labute approximate surface area is 79.5 Å². The first-order valence-electron chi connectivity index (χ1n) is 4.67. The van der Waals surface area contributed by atoms with Gasteiger partial charge in [0.2, 0.25) is 0 Å². The lowest BCUT2D eigenvalue weighted by atomic mass is 10.2. The van der Waals surface area contributed by atoms with Crippen LogP contribution in [0.1, 0.15) is 6.92 Å². The van der Waals surface area contributed by atoms with Gasteiger partial charge in [0.25, 0.3) is 0 Å². The van der Waals surface area contributed by atoms with Crippen LogP contribution in [0.3, 0.4) is 0 Å². The predicted octanol–water partition coefficient (Wildman–Crippen LogP) is -0.181. The molecule has 4 nitrogen and oxygen atoms in total. The molecule has 1 heterocycles. The van der Waals surface area contributed by atoms with Gasteiger partial charge in [0.1, 0.15) is 0 Å². The molecule has 1 aliphatic heterocycles. The van der Waals surface area contributed by atoms with Gasteiger partial charge in [-0.25, -0.2) is 0 Å². The topological polar surface area (TPSA) is 48.3 Å². The molecule has 0 saturated carbocycles. The zero-order valence-electron chi connectivity index (χ0n) is 8.29. The lowest BCUT2D eigenvalue weighted by Crippen LogP contribution is -2.49. The molecule has 0 radical (unpaired) electrons. The maximum Gasteiger partial charge on any atom is 0.0951 e. The van der Waals surface area contributed by atoms with E-state index >= 15 is 0 Å². The third-order valence-corrected chi connectivity index (χ3v) is 2.34. The van der Waals surface area contributed by atoms with Crippen LogP contribution >= 0.6 is 0 Å². The highest BCUT2D eigenvalue weighted by Gasteiger charge is 2.22. The van der Waals surface area contributed by atoms with Gasteiger partial charge in [0, 0.05) is 19.6 Å². The number of morpholine rings is 1. The van der Waals surface area contributed by atoms with Crippen LogP contribution in [-0.4, -0.2) is 50.3 Å². The van der Waals surface area contributed by atoms with Crippen molar-refractivity contribution in [3.05, 3.63) is 0 Å². The molecule has 4 heteroatoms. The zero-order valence-corrected chi connectivity index (χ0v) is 8.29. The van der Waals surface area contributed by atoms with Gasteiger partial charge in [-0.15, -0.1) is 0 Å². The van der Waals surface area contributed by atoms with Crippen LogP contribution in [0.15, 0.2) is 0 Å². The molecule has 1 aliphatic rings. The first-order chi connectivity index (χ1) is 6.27. The van der Waals surface area contributed by atoms with Crippen molar-refractivity contribution in [2.45, 2.75) is 19.1 Å². The number of hydrogen-bond donors (Lipinski definition) is 1. The second-order valence-electron chi connectivity index (χ2n) is 3.35. The molecule has 1 fully saturated rings. The molecule has 74 valence electrons. The molecule has 2 unspecified atom stereocenters. The molecule has 0 spiro atoms. The zero-order chi connectivity index (χ0) is 9.68. The maximum atomic E-state index is 8.76. The third-order valence-electron chi connectivity index (χ3n) is 2.34. The number of hydrogen-bond acceptors (Lipinski definition) is 4. The summed E-state index contributed by atoms with van der Waals surface area (Å²) in [4.78, 5) is 2.16. The summed E-state index contributed by atoms with van der Waals surface area (Å²) in [6.45, 7) is 5.25. The van der Waals surface area contributed by atoms with Crippen LogP contribution in [0.2, 0.25) is 0 Å². The Morgan fingerprint density at radius 3 is 3.15 bits per heavy atom. The van der Waals surface area contributed by atoms with E-state index in [1.54, 1.807) is 0 Å². The molecule has 0 bridgehead atoms. The average Bonchev–Trinajstić information content (AvgIpc) is 2.18. The molecule has 0 aromatic rings. The van der Waals surface area contributed by atoms with Crippen LogP contribution in [0.25, 0.3) is 0 Å². The van der Waals surface area contributed by atoms with Crippen molar-refractivity contribution in [1.82, 2.24) is 10.2 Å². The van der Waals surface area contributed by atoms with Crippen molar-refractivity contribution in [3.8, 4) is 6.07 Å². The largest absolute Gasteiger partial charge is 0.374 e. The van der Waals surface area contributed by atoms with Gasteiger partial charge in [-0.2, -0.15) is 5.26 Å². The third kappa shape index (κ3) is 2.96. The Morgan fingerprint density at radius 2 is 2.54 bits per heavy atom. The minimum atomic E-state index is 0.00301. The molecular weight excluding hydrogens is 166 g/mol. The number of rotatable bonds is 3. The highest BCUT2D eigenvalue weighted by atomic mass is 16.5. The molecule has 1 rings (SSSR count). The van der Waals surface area contributed by atoms with Gasteiger partial charge in [0.05, 0.1) is 24.8 Å². The monoisotopic (exact) mass is 183 g/mol. The number of likely N-dealkylation sites (N-methyl/N-ethyl adjacent to an activating group) is 1. The maximum absolute atomic E-state index is 8.76. The van der Waals surface area contributed by atoms with Crippen LogP contribution < -0.4 is 5.32 Å². The van der Waals surface area contributed by atoms with E-state index in [9.17, 15) is 0 Å². The van der Waals surface area contributed by atoms with Crippen LogP contribution in [0.4, 0.5) is 0 Å². The standard InChI is InChI=1S/C9H17N3O/c1-8(5-10)12-3-4-13-9(7-12)6-11-2/h8-9,11H,3-4,6-7H2,1-2H3. The number of ether oxygens (including phenoxy) is 1. The van der Waals surface area contributed by atoms with E-state index in [0.717, 1.165) is 26.2 Å². The molecule has 1 N–H and O–H groups in total. The van der Waals surface area contributed by atoms with E-state index in [1.807, 2.05) is 14.0 Å².